The molecule has 3 nitrogen and oxygen atoms in total. The third-order valence-corrected chi connectivity index (χ3v) is 1.96. The fraction of sp³-hybridized carbons (Fsp3) is 0.125. The SMILES string of the molecule is Cc1cc(Cl)ccc1NC(N)=NCl. The zero-order valence-corrected chi connectivity index (χ0v) is 8.52. The Hall–Kier alpha value is -0.930. The molecule has 5 heteroatoms. The summed E-state index contributed by atoms with van der Waals surface area (Å²) in [5, 5.41) is 3.51. The number of guanidine groups is 1. The van der Waals surface area contributed by atoms with Crippen molar-refractivity contribution in [3.63, 3.8) is 0 Å². The van der Waals surface area contributed by atoms with E-state index in [2.05, 4.69) is 9.83 Å². The Morgan fingerprint density at radius 1 is 1.54 bits per heavy atom. The minimum atomic E-state index is 0.159. The first kappa shape index (κ1) is 10.2. The van der Waals surface area contributed by atoms with Gasteiger partial charge in [0.15, 0.2) is 0 Å². The van der Waals surface area contributed by atoms with Gasteiger partial charge in [-0.3, -0.25) is 0 Å². The predicted molar refractivity (Wildman–Crippen MR) is 57.3 cm³/mol. The maximum Gasteiger partial charge on any atom is 0.210 e. The molecule has 3 N–H and O–H groups in total. The third kappa shape index (κ3) is 2.79. The third-order valence-electron chi connectivity index (χ3n) is 1.54. The molecule has 0 fully saturated rings. The van der Waals surface area contributed by atoms with E-state index in [1.165, 1.54) is 0 Å². The lowest BCUT2D eigenvalue weighted by atomic mass is 10.2. The monoisotopic (exact) mass is 217 g/mol. The molecule has 0 saturated carbocycles. The van der Waals surface area contributed by atoms with Crippen LogP contribution in [-0.4, -0.2) is 5.96 Å². The largest absolute Gasteiger partial charge is 0.369 e. The zero-order chi connectivity index (χ0) is 9.84. The van der Waals surface area contributed by atoms with Crippen LogP contribution in [0.4, 0.5) is 5.69 Å². The van der Waals surface area contributed by atoms with Gasteiger partial charge in [0.2, 0.25) is 5.96 Å². The van der Waals surface area contributed by atoms with Crippen LogP contribution >= 0.6 is 23.4 Å². The van der Waals surface area contributed by atoms with Gasteiger partial charge in [0.25, 0.3) is 0 Å². The highest BCUT2D eigenvalue weighted by Crippen LogP contribution is 2.19. The molecule has 0 unspecified atom stereocenters. The lowest BCUT2D eigenvalue weighted by Gasteiger charge is -2.07. The van der Waals surface area contributed by atoms with Gasteiger partial charge in [-0.25, -0.2) is 0 Å². The fourth-order valence-electron chi connectivity index (χ4n) is 0.926. The normalized spacial score (nSPS) is 11.5. The maximum atomic E-state index is 5.77. The minimum absolute atomic E-state index is 0.159. The molecule has 0 saturated heterocycles. The Kier molecular flexibility index (Phi) is 3.39. The number of hydrogen-bond donors (Lipinski definition) is 2. The molecule has 1 aromatic rings. The molecule has 0 atom stereocenters. The van der Waals surface area contributed by atoms with Gasteiger partial charge in [0.05, 0.1) is 0 Å². The van der Waals surface area contributed by atoms with Gasteiger partial charge in [-0.15, -0.1) is 4.51 Å². The van der Waals surface area contributed by atoms with E-state index in [0.29, 0.717) is 5.02 Å². The second-order valence-corrected chi connectivity index (χ2v) is 3.16. The van der Waals surface area contributed by atoms with E-state index in [9.17, 15) is 0 Å². The van der Waals surface area contributed by atoms with Crippen LogP contribution in [-0.2, 0) is 0 Å². The summed E-state index contributed by atoms with van der Waals surface area (Å²) in [4.78, 5) is 0. The van der Waals surface area contributed by atoms with Crippen LogP contribution in [0.15, 0.2) is 22.7 Å². The number of nitrogens with one attached hydrogen (secondary N) is 1. The molecule has 0 spiro atoms. The Morgan fingerprint density at radius 3 is 2.77 bits per heavy atom. The Morgan fingerprint density at radius 2 is 2.23 bits per heavy atom. The molecule has 70 valence electrons. The van der Waals surface area contributed by atoms with Crippen LogP contribution in [0.25, 0.3) is 0 Å². The van der Waals surface area contributed by atoms with Crippen LogP contribution in [0.2, 0.25) is 5.02 Å². The summed E-state index contributed by atoms with van der Waals surface area (Å²) in [6.07, 6.45) is 0. The predicted octanol–water partition coefficient (Wildman–Crippen LogP) is 2.53. The van der Waals surface area contributed by atoms with Gasteiger partial charge < -0.3 is 11.1 Å². The molecule has 0 aliphatic heterocycles. The number of anilines is 1. The van der Waals surface area contributed by atoms with E-state index in [-0.39, 0.29) is 5.96 Å². The molecular weight excluding hydrogens is 209 g/mol. The summed E-state index contributed by atoms with van der Waals surface area (Å²) in [5.41, 5.74) is 7.21. The molecule has 0 aliphatic carbocycles. The Labute approximate surface area is 86.7 Å². The molecule has 0 radical (unpaired) electrons. The summed E-state index contributed by atoms with van der Waals surface area (Å²) >= 11 is 10.9. The van der Waals surface area contributed by atoms with E-state index in [1.807, 2.05) is 19.1 Å². The molecule has 0 aromatic heterocycles. The number of halogens is 2. The molecule has 0 heterocycles. The van der Waals surface area contributed by atoms with Crippen molar-refractivity contribution in [3.05, 3.63) is 28.8 Å². The smallest absolute Gasteiger partial charge is 0.210 e. The number of nitrogens with two attached hydrogens (primary N) is 1. The van der Waals surface area contributed by atoms with Gasteiger partial charge in [0, 0.05) is 22.5 Å². The number of aryl methyl sites for hydroxylation is 1. The summed E-state index contributed by atoms with van der Waals surface area (Å²) in [6.45, 7) is 1.91. The standard InChI is InChI=1S/C8H9Cl2N3/c1-5-4-6(9)2-3-7(5)12-8(11)13-10/h2-4H,1H3,(H3,11,12,13). The van der Waals surface area contributed by atoms with Crippen molar-refractivity contribution in [3.8, 4) is 0 Å². The van der Waals surface area contributed by atoms with Crippen LogP contribution in [0, 0.1) is 6.92 Å². The van der Waals surface area contributed by atoms with Gasteiger partial charge >= 0.3 is 0 Å². The molecule has 0 amide bonds. The highest BCUT2D eigenvalue weighted by atomic mass is 35.5. The van der Waals surface area contributed by atoms with Gasteiger partial charge in [-0.2, -0.15) is 0 Å². The minimum Gasteiger partial charge on any atom is -0.369 e. The van der Waals surface area contributed by atoms with Gasteiger partial charge in [-0.1, -0.05) is 11.6 Å². The van der Waals surface area contributed by atoms with Gasteiger partial charge in [0.1, 0.15) is 0 Å². The van der Waals surface area contributed by atoms with E-state index in [0.717, 1.165) is 11.3 Å². The summed E-state index contributed by atoms with van der Waals surface area (Å²) in [6, 6.07) is 5.40. The summed E-state index contributed by atoms with van der Waals surface area (Å²) < 4.78 is 3.27. The Bertz CT molecular complexity index is 336. The second kappa shape index (κ2) is 4.35. The molecule has 0 bridgehead atoms. The Balaban J connectivity index is 2.90. The van der Waals surface area contributed by atoms with Crippen LogP contribution in [0.5, 0.6) is 0 Å². The van der Waals surface area contributed by atoms with Crippen molar-refractivity contribution < 1.29 is 0 Å². The fourth-order valence-corrected chi connectivity index (χ4v) is 1.20. The van der Waals surface area contributed by atoms with Crippen molar-refractivity contribution in [2.24, 2.45) is 10.2 Å². The van der Waals surface area contributed by atoms with E-state index in [1.54, 1.807) is 6.07 Å². The lowest BCUT2D eigenvalue weighted by molar-refractivity contribution is 1.43. The molecule has 0 aliphatic rings. The number of rotatable bonds is 1. The topological polar surface area (TPSA) is 50.4 Å². The average Bonchev–Trinajstić information content (AvgIpc) is 2.09. The molecular formula is C8H9Cl2N3. The number of benzene rings is 1. The molecule has 13 heavy (non-hydrogen) atoms. The van der Waals surface area contributed by atoms with Crippen LogP contribution < -0.4 is 11.1 Å². The van der Waals surface area contributed by atoms with E-state index < -0.39 is 0 Å². The average molecular weight is 218 g/mol. The summed E-state index contributed by atoms with van der Waals surface area (Å²) in [5.74, 6) is 0.159. The van der Waals surface area contributed by atoms with E-state index >= 15 is 0 Å². The highest BCUT2D eigenvalue weighted by molar-refractivity contribution is 6.30. The van der Waals surface area contributed by atoms with Crippen LogP contribution in [0.1, 0.15) is 5.56 Å². The number of hydrogen-bond acceptors (Lipinski definition) is 1. The molecule has 1 aromatic carbocycles. The zero-order valence-electron chi connectivity index (χ0n) is 7.01. The van der Waals surface area contributed by atoms with Crippen LogP contribution in [0.3, 0.4) is 0 Å². The maximum absolute atomic E-state index is 5.77. The van der Waals surface area contributed by atoms with Gasteiger partial charge in [-0.05, 0) is 30.7 Å². The molecule has 1 rings (SSSR count). The van der Waals surface area contributed by atoms with Crippen molar-refractivity contribution >= 4 is 35.0 Å². The van der Waals surface area contributed by atoms with Crippen molar-refractivity contribution in [2.75, 3.05) is 5.32 Å². The first-order valence-electron chi connectivity index (χ1n) is 3.61. The van der Waals surface area contributed by atoms with Crippen molar-refractivity contribution in [2.45, 2.75) is 6.92 Å². The highest BCUT2D eigenvalue weighted by Gasteiger charge is 1.99. The van der Waals surface area contributed by atoms with E-state index in [4.69, 9.17) is 29.1 Å². The van der Waals surface area contributed by atoms with Crippen molar-refractivity contribution in [1.29, 1.82) is 0 Å². The second-order valence-electron chi connectivity index (χ2n) is 2.55. The first-order valence-corrected chi connectivity index (χ1v) is 4.32. The lowest BCUT2D eigenvalue weighted by Crippen LogP contribution is -2.21. The summed E-state index contributed by atoms with van der Waals surface area (Å²) in [7, 11) is 0. The van der Waals surface area contributed by atoms with Crippen molar-refractivity contribution in [1.82, 2.24) is 0 Å². The number of nitrogens with zero attached hydrogens (tertiary/aromatic N) is 1. The first-order chi connectivity index (χ1) is 6.13. The quantitative estimate of drug-likeness (QED) is 0.562.